The molecule has 0 radical (unpaired) electrons. The minimum absolute atomic E-state index is 0.0513. The van der Waals surface area contributed by atoms with E-state index in [4.69, 9.17) is 5.26 Å². The summed E-state index contributed by atoms with van der Waals surface area (Å²) in [6.45, 7) is 7.04. The number of sulfonamides is 1. The highest BCUT2D eigenvalue weighted by Crippen LogP contribution is 2.22. The molecule has 1 aromatic rings. The first-order valence-electron chi connectivity index (χ1n) is 5.39. The Balaban J connectivity index is 3.41. The van der Waals surface area contributed by atoms with Gasteiger partial charge in [-0.2, -0.15) is 9.57 Å². The summed E-state index contributed by atoms with van der Waals surface area (Å²) in [5.41, 5.74) is -0.486. The molecule has 19 heavy (non-hydrogen) atoms. The SMILES string of the molecule is C=CCN(CC=C)S(=O)(=O)c1cccc(F)c1C#N. The fourth-order valence-electron chi connectivity index (χ4n) is 1.53. The molecular weight excluding hydrogens is 267 g/mol. The predicted molar refractivity (Wildman–Crippen MR) is 70.3 cm³/mol. The molecule has 0 heterocycles. The number of nitrogens with zero attached hydrogens (tertiary/aromatic N) is 2. The van der Waals surface area contributed by atoms with Crippen LogP contribution in [0.15, 0.2) is 48.4 Å². The zero-order chi connectivity index (χ0) is 14.5. The maximum Gasteiger partial charge on any atom is 0.245 e. The molecule has 6 heteroatoms. The Kier molecular flexibility index (Phi) is 4.98. The van der Waals surface area contributed by atoms with Crippen LogP contribution in [0.2, 0.25) is 0 Å². The highest BCUT2D eigenvalue weighted by molar-refractivity contribution is 7.89. The van der Waals surface area contributed by atoms with E-state index in [1.54, 1.807) is 6.07 Å². The van der Waals surface area contributed by atoms with Crippen molar-refractivity contribution in [1.82, 2.24) is 4.31 Å². The molecule has 0 N–H and O–H groups in total. The molecule has 0 unspecified atom stereocenters. The monoisotopic (exact) mass is 280 g/mol. The van der Waals surface area contributed by atoms with E-state index >= 15 is 0 Å². The van der Waals surface area contributed by atoms with Crippen LogP contribution in [0.3, 0.4) is 0 Å². The molecule has 1 aromatic carbocycles. The topological polar surface area (TPSA) is 61.2 Å². The Labute approximate surface area is 112 Å². The Bertz CT molecular complexity index is 623. The summed E-state index contributed by atoms with van der Waals surface area (Å²) < 4.78 is 39.2. The highest BCUT2D eigenvalue weighted by Gasteiger charge is 2.26. The summed E-state index contributed by atoms with van der Waals surface area (Å²) in [4.78, 5) is -0.348. The molecule has 0 aliphatic carbocycles. The zero-order valence-corrected chi connectivity index (χ0v) is 11.0. The van der Waals surface area contributed by atoms with E-state index in [0.29, 0.717) is 0 Å². The van der Waals surface area contributed by atoms with Crippen molar-refractivity contribution in [3.05, 3.63) is 54.9 Å². The molecule has 0 saturated carbocycles. The lowest BCUT2D eigenvalue weighted by molar-refractivity contribution is 0.473. The molecule has 1 rings (SSSR count). The van der Waals surface area contributed by atoms with Crippen molar-refractivity contribution in [2.45, 2.75) is 4.90 Å². The first-order valence-corrected chi connectivity index (χ1v) is 6.83. The van der Waals surface area contributed by atoms with E-state index in [9.17, 15) is 12.8 Å². The molecule has 0 fully saturated rings. The maximum absolute atomic E-state index is 13.5. The lowest BCUT2D eigenvalue weighted by atomic mass is 10.2. The zero-order valence-electron chi connectivity index (χ0n) is 10.2. The average molecular weight is 280 g/mol. The molecule has 0 aliphatic heterocycles. The van der Waals surface area contributed by atoms with Gasteiger partial charge in [0.15, 0.2) is 0 Å². The fourth-order valence-corrected chi connectivity index (χ4v) is 3.06. The van der Waals surface area contributed by atoms with Crippen molar-refractivity contribution < 1.29 is 12.8 Å². The summed E-state index contributed by atoms with van der Waals surface area (Å²) in [6, 6.07) is 5.08. The molecule has 0 aliphatic rings. The summed E-state index contributed by atoms with van der Waals surface area (Å²) in [6.07, 6.45) is 2.82. The molecule has 0 bridgehead atoms. The van der Waals surface area contributed by atoms with Crippen LogP contribution in [0, 0.1) is 17.1 Å². The number of rotatable bonds is 6. The van der Waals surface area contributed by atoms with Crippen molar-refractivity contribution >= 4 is 10.0 Å². The van der Waals surface area contributed by atoms with Gasteiger partial charge in [-0.3, -0.25) is 0 Å². The molecule has 0 aromatic heterocycles. The van der Waals surface area contributed by atoms with Crippen LogP contribution in [0.5, 0.6) is 0 Å². The van der Waals surface area contributed by atoms with Gasteiger partial charge in [0.05, 0.1) is 0 Å². The second-order valence-electron chi connectivity index (χ2n) is 3.62. The van der Waals surface area contributed by atoms with Gasteiger partial charge < -0.3 is 0 Å². The summed E-state index contributed by atoms with van der Waals surface area (Å²) >= 11 is 0. The van der Waals surface area contributed by atoms with Gasteiger partial charge in [-0.25, -0.2) is 12.8 Å². The number of nitriles is 1. The van der Waals surface area contributed by atoms with E-state index in [2.05, 4.69) is 13.2 Å². The van der Waals surface area contributed by atoms with Crippen LogP contribution in [-0.2, 0) is 10.0 Å². The van der Waals surface area contributed by atoms with E-state index in [-0.39, 0.29) is 18.0 Å². The van der Waals surface area contributed by atoms with Crippen LogP contribution in [0.4, 0.5) is 4.39 Å². The molecule has 100 valence electrons. The predicted octanol–water partition coefficient (Wildman–Crippen LogP) is 2.06. The van der Waals surface area contributed by atoms with Crippen LogP contribution >= 0.6 is 0 Å². The number of hydrogen-bond acceptors (Lipinski definition) is 3. The van der Waals surface area contributed by atoms with Crippen molar-refractivity contribution in [2.24, 2.45) is 0 Å². The lowest BCUT2D eigenvalue weighted by Gasteiger charge is -2.19. The summed E-state index contributed by atoms with van der Waals surface area (Å²) in [5, 5.41) is 8.89. The molecule has 0 atom stereocenters. The van der Waals surface area contributed by atoms with Crippen molar-refractivity contribution in [3.8, 4) is 6.07 Å². The van der Waals surface area contributed by atoms with Crippen molar-refractivity contribution in [2.75, 3.05) is 13.1 Å². The van der Waals surface area contributed by atoms with Gasteiger partial charge in [0.2, 0.25) is 10.0 Å². The Morgan fingerprint density at radius 2 is 1.89 bits per heavy atom. The van der Waals surface area contributed by atoms with E-state index in [1.165, 1.54) is 24.3 Å². The van der Waals surface area contributed by atoms with Crippen LogP contribution in [-0.4, -0.2) is 25.8 Å². The van der Waals surface area contributed by atoms with E-state index < -0.39 is 21.4 Å². The molecule has 0 spiro atoms. The lowest BCUT2D eigenvalue weighted by Crippen LogP contribution is -2.32. The average Bonchev–Trinajstić information content (AvgIpc) is 2.38. The first kappa shape index (κ1) is 15.1. The Morgan fingerprint density at radius 3 is 2.37 bits per heavy atom. The molecule has 0 saturated heterocycles. The Morgan fingerprint density at radius 1 is 1.32 bits per heavy atom. The number of hydrogen-bond donors (Lipinski definition) is 0. The fraction of sp³-hybridized carbons (Fsp3) is 0.154. The van der Waals surface area contributed by atoms with Crippen LogP contribution < -0.4 is 0 Å². The standard InChI is InChI=1S/C13H13FN2O2S/c1-3-8-16(9-4-2)19(17,18)13-7-5-6-12(14)11(13)10-15/h3-7H,1-2,8-9H2. The van der Waals surface area contributed by atoms with E-state index in [0.717, 1.165) is 10.4 Å². The van der Waals surface area contributed by atoms with Crippen LogP contribution in [0.25, 0.3) is 0 Å². The molecule has 0 amide bonds. The van der Waals surface area contributed by atoms with Gasteiger partial charge in [-0.15, -0.1) is 13.2 Å². The van der Waals surface area contributed by atoms with Gasteiger partial charge in [-0.1, -0.05) is 18.2 Å². The van der Waals surface area contributed by atoms with Gasteiger partial charge in [0, 0.05) is 13.1 Å². The third-order valence-electron chi connectivity index (χ3n) is 2.37. The molecule has 4 nitrogen and oxygen atoms in total. The first-order chi connectivity index (χ1) is 8.98. The molecular formula is C13H13FN2O2S. The second kappa shape index (κ2) is 6.27. The quantitative estimate of drug-likeness (QED) is 0.749. The summed E-state index contributed by atoms with van der Waals surface area (Å²) in [5.74, 6) is -0.860. The number of benzene rings is 1. The second-order valence-corrected chi connectivity index (χ2v) is 5.53. The van der Waals surface area contributed by atoms with Gasteiger partial charge in [0.25, 0.3) is 0 Å². The highest BCUT2D eigenvalue weighted by atomic mass is 32.2. The minimum atomic E-state index is -3.96. The van der Waals surface area contributed by atoms with Gasteiger partial charge in [0.1, 0.15) is 22.3 Å². The third-order valence-corrected chi connectivity index (χ3v) is 4.24. The number of halogens is 1. The van der Waals surface area contributed by atoms with Gasteiger partial charge in [-0.05, 0) is 12.1 Å². The van der Waals surface area contributed by atoms with Crippen molar-refractivity contribution in [1.29, 1.82) is 5.26 Å². The van der Waals surface area contributed by atoms with Crippen LogP contribution in [0.1, 0.15) is 5.56 Å². The van der Waals surface area contributed by atoms with Gasteiger partial charge >= 0.3 is 0 Å². The minimum Gasteiger partial charge on any atom is -0.207 e. The van der Waals surface area contributed by atoms with Crippen molar-refractivity contribution in [3.63, 3.8) is 0 Å². The maximum atomic E-state index is 13.5. The third kappa shape index (κ3) is 3.08. The summed E-state index contributed by atoms with van der Waals surface area (Å²) in [7, 11) is -3.96. The van der Waals surface area contributed by atoms with E-state index in [1.807, 2.05) is 0 Å². The smallest absolute Gasteiger partial charge is 0.207 e. The Hall–Kier alpha value is -1.97. The normalized spacial score (nSPS) is 11.0. The largest absolute Gasteiger partial charge is 0.245 e.